The second kappa shape index (κ2) is 7.09. The van der Waals surface area contributed by atoms with E-state index < -0.39 is 48.7 Å². The van der Waals surface area contributed by atoms with Crippen LogP contribution in [0.15, 0.2) is 18.2 Å². The summed E-state index contributed by atoms with van der Waals surface area (Å²) in [4.78, 5) is 15.2. The number of anilines is 1. The van der Waals surface area contributed by atoms with Gasteiger partial charge in [-0.05, 0) is 12.1 Å². The van der Waals surface area contributed by atoms with Crippen LogP contribution in [0.1, 0.15) is 0 Å². The van der Waals surface area contributed by atoms with E-state index in [0.717, 1.165) is 23.5 Å². The van der Waals surface area contributed by atoms with Crippen LogP contribution in [0.25, 0.3) is 10.2 Å². The third-order valence-corrected chi connectivity index (χ3v) is 4.67. The fourth-order valence-electron chi connectivity index (χ4n) is 2.49. The van der Waals surface area contributed by atoms with Crippen molar-refractivity contribution in [1.29, 1.82) is 0 Å². The molecule has 1 aromatic carbocycles. The molecule has 9 nitrogen and oxygen atoms in total. The average Bonchev–Trinajstić information content (AvgIpc) is 2.95. The number of benzene rings is 1. The Bertz CT molecular complexity index is 846. The summed E-state index contributed by atoms with van der Waals surface area (Å²) in [6.45, 7) is 0. The predicted molar refractivity (Wildman–Crippen MR) is 84.2 cm³/mol. The molecule has 0 bridgehead atoms. The summed E-state index contributed by atoms with van der Waals surface area (Å²) in [6.07, 6.45) is -13.4. The summed E-state index contributed by atoms with van der Waals surface area (Å²) in [5.74, 6) is -1.98. The number of thiazole rings is 1. The van der Waals surface area contributed by atoms with Gasteiger partial charge in [0.05, 0.1) is 10.2 Å². The smallest absolute Gasteiger partial charge is 0.479 e. The van der Waals surface area contributed by atoms with Crippen molar-refractivity contribution in [1.82, 2.24) is 4.98 Å². The molecule has 13 heteroatoms. The topological polar surface area (TPSA) is 141 Å². The van der Waals surface area contributed by atoms with E-state index in [-0.39, 0.29) is 5.13 Å². The summed E-state index contributed by atoms with van der Waals surface area (Å²) in [5.41, 5.74) is 0.317. The zero-order valence-electron chi connectivity index (χ0n) is 13.1. The van der Waals surface area contributed by atoms with Gasteiger partial charge in [0.25, 0.3) is 0 Å². The van der Waals surface area contributed by atoms with Gasteiger partial charge in [-0.15, -0.1) is 13.2 Å². The molecule has 2 aromatic rings. The minimum atomic E-state index is -4.84. The lowest BCUT2D eigenvalue weighted by Crippen LogP contribution is -2.61. The Hall–Kier alpha value is -2.19. The van der Waals surface area contributed by atoms with E-state index >= 15 is 0 Å². The number of aliphatic hydroxyl groups excluding tert-OH is 3. The first kappa shape index (κ1) is 19.6. The molecular formula is C14H13F3N2O7S. The zero-order chi connectivity index (χ0) is 19.9. The number of aliphatic carboxylic acids is 1. The molecule has 1 saturated heterocycles. The fraction of sp³-hybridized carbons (Fsp3) is 0.429. The highest BCUT2D eigenvalue weighted by Crippen LogP contribution is 2.33. The number of carboxylic acids is 1. The largest absolute Gasteiger partial charge is 0.573 e. The summed E-state index contributed by atoms with van der Waals surface area (Å²) < 4.78 is 46.1. The van der Waals surface area contributed by atoms with E-state index in [0.29, 0.717) is 10.2 Å². The molecule has 0 radical (unpaired) electrons. The van der Waals surface area contributed by atoms with E-state index in [2.05, 4.69) is 15.0 Å². The number of rotatable bonds is 4. The van der Waals surface area contributed by atoms with Gasteiger partial charge in [0.15, 0.2) is 17.5 Å². The van der Waals surface area contributed by atoms with Crippen LogP contribution in [-0.4, -0.2) is 68.4 Å². The minimum Gasteiger partial charge on any atom is -0.479 e. The van der Waals surface area contributed by atoms with E-state index in [1.165, 1.54) is 6.07 Å². The molecule has 1 fully saturated rings. The molecular weight excluding hydrogens is 397 g/mol. The Kier molecular flexibility index (Phi) is 5.14. The molecule has 0 spiro atoms. The molecule has 5 atom stereocenters. The van der Waals surface area contributed by atoms with Gasteiger partial charge in [-0.3, -0.25) is 0 Å². The van der Waals surface area contributed by atoms with Gasteiger partial charge in [0.2, 0.25) is 0 Å². The Morgan fingerprint density at radius 2 is 1.93 bits per heavy atom. The van der Waals surface area contributed by atoms with Gasteiger partial charge in [0.1, 0.15) is 24.1 Å². The summed E-state index contributed by atoms with van der Waals surface area (Å²) >= 11 is 0.893. The lowest BCUT2D eigenvalue weighted by atomic mass is 9.98. The number of alkyl halides is 3. The molecule has 0 amide bonds. The molecule has 0 saturated carbocycles. The fourth-order valence-corrected chi connectivity index (χ4v) is 3.41. The van der Waals surface area contributed by atoms with Crippen LogP contribution < -0.4 is 10.1 Å². The Balaban J connectivity index is 1.80. The molecule has 5 N–H and O–H groups in total. The Morgan fingerprint density at radius 1 is 1.22 bits per heavy atom. The first-order valence-electron chi connectivity index (χ1n) is 7.40. The normalized spacial score (nSPS) is 28.9. The van der Waals surface area contributed by atoms with Crippen LogP contribution in [0.3, 0.4) is 0 Å². The summed E-state index contributed by atoms with van der Waals surface area (Å²) in [7, 11) is 0. The number of nitrogens with zero attached hydrogens (tertiary/aromatic N) is 1. The van der Waals surface area contributed by atoms with Crippen molar-refractivity contribution in [3.8, 4) is 5.75 Å². The van der Waals surface area contributed by atoms with Crippen LogP contribution in [0.4, 0.5) is 18.3 Å². The number of hydrogen-bond acceptors (Lipinski definition) is 9. The van der Waals surface area contributed by atoms with Gasteiger partial charge >= 0.3 is 12.3 Å². The number of carbonyl (C=O) groups is 1. The second-order valence-corrected chi connectivity index (χ2v) is 6.66. The first-order valence-corrected chi connectivity index (χ1v) is 8.22. The van der Waals surface area contributed by atoms with Gasteiger partial charge < -0.3 is 35.2 Å². The molecule has 3 rings (SSSR count). The lowest BCUT2D eigenvalue weighted by molar-refractivity contribution is -0.274. The summed E-state index contributed by atoms with van der Waals surface area (Å²) in [5, 5.41) is 41.0. The Morgan fingerprint density at radius 3 is 2.56 bits per heavy atom. The number of fused-ring (bicyclic) bond motifs is 1. The molecule has 1 aliphatic heterocycles. The maximum atomic E-state index is 12.3. The highest BCUT2D eigenvalue weighted by Gasteiger charge is 2.47. The molecule has 1 aromatic heterocycles. The zero-order valence-corrected chi connectivity index (χ0v) is 13.9. The van der Waals surface area contributed by atoms with Crippen LogP contribution in [0.2, 0.25) is 0 Å². The van der Waals surface area contributed by atoms with Crippen molar-refractivity contribution in [2.75, 3.05) is 5.32 Å². The lowest BCUT2D eigenvalue weighted by Gasteiger charge is -2.38. The quantitative estimate of drug-likeness (QED) is 0.487. The first-order chi connectivity index (χ1) is 12.5. The maximum absolute atomic E-state index is 12.3. The van der Waals surface area contributed by atoms with Crippen LogP contribution in [0.5, 0.6) is 5.75 Å². The molecule has 0 aliphatic carbocycles. The highest BCUT2D eigenvalue weighted by atomic mass is 32.1. The van der Waals surface area contributed by atoms with E-state index in [1.807, 2.05) is 0 Å². The van der Waals surface area contributed by atoms with Gasteiger partial charge in [0, 0.05) is 6.07 Å². The van der Waals surface area contributed by atoms with Crippen LogP contribution in [-0.2, 0) is 9.53 Å². The number of hydrogen-bond donors (Lipinski definition) is 5. The van der Waals surface area contributed by atoms with Gasteiger partial charge in [-0.25, -0.2) is 9.78 Å². The van der Waals surface area contributed by atoms with Crippen molar-refractivity contribution in [2.45, 2.75) is 37.0 Å². The highest BCUT2D eigenvalue weighted by molar-refractivity contribution is 7.22. The van der Waals surface area contributed by atoms with E-state index in [1.54, 1.807) is 0 Å². The van der Waals surface area contributed by atoms with Crippen molar-refractivity contribution < 1.29 is 47.9 Å². The van der Waals surface area contributed by atoms with Crippen molar-refractivity contribution in [2.24, 2.45) is 0 Å². The minimum absolute atomic E-state index is 0.0888. The standard InChI is InChI=1S/C14H13F3N2O7S/c15-14(16,17)26-4-1-2-5-6(3-4)27-13(18-5)19-11-9(22)7(20)8(21)10(25-11)12(23)24/h1-3,7-11,20-22H,(H,18,19)(H,23,24)/t7-,8-,9+,10-,11+/m0/s1. The van der Waals surface area contributed by atoms with E-state index in [4.69, 9.17) is 9.84 Å². The Labute approximate surface area is 152 Å². The van der Waals surface area contributed by atoms with Gasteiger partial charge in [-0.2, -0.15) is 0 Å². The van der Waals surface area contributed by atoms with Crippen molar-refractivity contribution in [3.05, 3.63) is 18.2 Å². The molecule has 148 valence electrons. The average molecular weight is 410 g/mol. The number of carboxylic acid groups (broad SMARTS) is 1. The number of aliphatic hydroxyl groups is 3. The molecule has 27 heavy (non-hydrogen) atoms. The van der Waals surface area contributed by atoms with Crippen LogP contribution in [0, 0.1) is 0 Å². The van der Waals surface area contributed by atoms with E-state index in [9.17, 15) is 33.3 Å². The molecule has 1 aliphatic rings. The molecule has 2 heterocycles. The monoisotopic (exact) mass is 410 g/mol. The predicted octanol–water partition coefficient (Wildman–Crippen LogP) is 0.499. The SMILES string of the molecule is O=C(O)[C@H]1O[C@@H](Nc2nc3ccc(OC(F)(F)F)cc3s2)[C@H](O)[C@@H](O)[C@@H]1O. The maximum Gasteiger partial charge on any atom is 0.573 e. The number of ether oxygens (including phenoxy) is 2. The second-order valence-electron chi connectivity index (χ2n) is 5.63. The molecule has 0 unspecified atom stereocenters. The number of nitrogens with one attached hydrogen (secondary N) is 1. The number of halogens is 3. The van der Waals surface area contributed by atoms with Crippen molar-refractivity contribution in [3.63, 3.8) is 0 Å². The third kappa shape index (κ3) is 4.22. The van der Waals surface area contributed by atoms with Crippen molar-refractivity contribution >= 4 is 32.7 Å². The van der Waals surface area contributed by atoms with Crippen LogP contribution >= 0.6 is 11.3 Å². The number of aromatic nitrogens is 1. The summed E-state index contributed by atoms with van der Waals surface area (Å²) in [6, 6.07) is 3.48. The third-order valence-electron chi connectivity index (χ3n) is 3.72. The van der Waals surface area contributed by atoms with Gasteiger partial charge in [-0.1, -0.05) is 11.3 Å².